The van der Waals surface area contributed by atoms with Gasteiger partial charge in [-0.25, -0.2) is 4.98 Å². The van der Waals surface area contributed by atoms with Crippen LogP contribution in [0.4, 0.5) is 0 Å². The number of hydrogen-bond acceptors (Lipinski definition) is 7. The number of carbonyl (C=O) groups is 2. The molecule has 5 rings (SSSR count). The summed E-state index contributed by atoms with van der Waals surface area (Å²) in [5, 5.41) is 17.6. The van der Waals surface area contributed by atoms with Gasteiger partial charge in [0, 0.05) is 43.2 Å². The van der Waals surface area contributed by atoms with Crippen molar-refractivity contribution in [2.24, 2.45) is 0 Å². The number of likely N-dealkylation sites (tertiary alicyclic amines) is 1. The highest BCUT2D eigenvalue weighted by atomic mass is 16.3. The van der Waals surface area contributed by atoms with Crippen molar-refractivity contribution in [3.05, 3.63) is 119 Å². The Balaban J connectivity index is 1.26. The number of amides is 2. The molecule has 1 saturated heterocycles. The highest BCUT2D eigenvalue weighted by Crippen LogP contribution is 2.32. The maximum absolute atomic E-state index is 13.5. The van der Waals surface area contributed by atoms with Crippen LogP contribution in [0.2, 0.25) is 0 Å². The Morgan fingerprint density at radius 1 is 1.05 bits per heavy atom. The molecule has 3 heterocycles. The van der Waals surface area contributed by atoms with Crippen molar-refractivity contribution in [1.29, 1.82) is 0 Å². The van der Waals surface area contributed by atoms with Crippen molar-refractivity contribution in [2.75, 3.05) is 13.1 Å². The number of nitrogens with zero attached hydrogens (tertiary/aromatic N) is 3. The number of aliphatic hydroxyl groups excluding tert-OH is 1. The third-order valence-electron chi connectivity index (χ3n) is 8.05. The molecular formula is C35H41N5O4. The fraction of sp³-hybridized carbons (Fsp3) is 0.371. The van der Waals surface area contributed by atoms with Crippen LogP contribution in [0, 0.1) is 6.92 Å². The van der Waals surface area contributed by atoms with E-state index in [9.17, 15) is 14.7 Å². The number of nitrogens with one attached hydrogen (secondary N) is 2. The number of aryl methyl sites for hydroxylation is 1. The highest BCUT2D eigenvalue weighted by Gasteiger charge is 2.34. The van der Waals surface area contributed by atoms with Crippen molar-refractivity contribution in [3.8, 4) is 0 Å². The molecule has 3 N–H and O–H groups in total. The van der Waals surface area contributed by atoms with Crippen molar-refractivity contribution in [3.63, 3.8) is 0 Å². The van der Waals surface area contributed by atoms with E-state index in [1.54, 1.807) is 35.4 Å². The summed E-state index contributed by atoms with van der Waals surface area (Å²) in [6.45, 7) is 7.53. The van der Waals surface area contributed by atoms with Crippen LogP contribution < -0.4 is 10.6 Å². The molecule has 9 nitrogen and oxygen atoms in total. The second-order valence-corrected chi connectivity index (χ2v) is 11.8. The quantitative estimate of drug-likeness (QED) is 0.212. The topological polar surface area (TPSA) is 121 Å². The molecule has 2 aromatic heterocycles. The average molecular weight is 596 g/mol. The van der Waals surface area contributed by atoms with Crippen molar-refractivity contribution in [2.45, 2.75) is 70.7 Å². The molecule has 4 aromatic rings. The van der Waals surface area contributed by atoms with Crippen LogP contribution in [0.5, 0.6) is 0 Å². The van der Waals surface area contributed by atoms with E-state index in [4.69, 9.17) is 4.42 Å². The van der Waals surface area contributed by atoms with Crippen molar-refractivity contribution >= 4 is 11.8 Å². The van der Waals surface area contributed by atoms with Crippen LogP contribution in [0.3, 0.4) is 0 Å². The first-order valence-electron chi connectivity index (χ1n) is 15.3. The average Bonchev–Trinajstić information content (AvgIpc) is 3.70. The number of carbonyl (C=O) groups excluding carboxylic acids is 2. The normalized spacial score (nSPS) is 16.2. The van der Waals surface area contributed by atoms with E-state index in [0.29, 0.717) is 42.4 Å². The largest absolute Gasteiger partial charge is 0.446 e. The highest BCUT2D eigenvalue weighted by molar-refractivity contribution is 6.00. The molecule has 0 bridgehead atoms. The summed E-state index contributed by atoms with van der Waals surface area (Å²) in [6.07, 6.45) is 6.50. The summed E-state index contributed by atoms with van der Waals surface area (Å²) in [5.41, 5.74) is 4.74. The van der Waals surface area contributed by atoms with E-state index in [-0.39, 0.29) is 24.4 Å². The first-order valence-corrected chi connectivity index (χ1v) is 15.3. The van der Waals surface area contributed by atoms with Gasteiger partial charge in [-0.05, 0) is 67.0 Å². The summed E-state index contributed by atoms with van der Waals surface area (Å²) >= 11 is 0. The molecule has 3 unspecified atom stereocenters. The molecule has 2 aromatic carbocycles. The summed E-state index contributed by atoms with van der Waals surface area (Å²) in [4.78, 5) is 37.6. The van der Waals surface area contributed by atoms with E-state index in [0.717, 1.165) is 35.2 Å². The standard InChI is InChI=1S/C35H41N5O4/c1-23(2)29-15-26(18-36-20-29)19-37-21-32(41)30(16-25-9-5-4-6-10-25)39-33(42)27-11-7-12-28(17-27)35(43)40-14-8-13-31(40)34-38-24(3)22-44-34/h4-7,9-12,15,17-18,20,22-23,30-32,37,41H,8,13-14,16,19,21H2,1-3H3,(H,39,42). The van der Waals surface area contributed by atoms with Crippen molar-refractivity contribution < 1.29 is 19.1 Å². The summed E-state index contributed by atoms with van der Waals surface area (Å²) in [6, 6.07) is 17.8. The molecule has 0 spiro atoms. The van der Waals surface area contributed by atoms with E-state index < -0.39 is 12.1 Å². The Morgan fingerprint density at radius 2 is 1.84 bits per heavy atom. The minimum atomic E-state index is -0.861. The van der Waals surface area contributed by atoms with Crippen LogP contribution >= 0.6 is 0 Å². The molecule has 0 aliphatic carbocycles. The zero-order valence-electron chi connectivity index (χ0n) is 25.6. The summed E-state index contributed by atoms with van der Waals surface area (Å²) in [5.74, 6) is 0.396. The Kier molecular flexibility index (Phi) is 10.2. The number of aromatic nitrogens is 2. The Morgan fingerprint density at radius 3 is 2.59 bits per heavy atom. The van der Waals surface area contributed by atoms with E-state index >= 15 is 0 Å². The predicted octanol–water partition coefficient (Wildman–Crippen LogP) is 4.97. The van der Waals surface area contributed by atoms with Gasteiger partial charge in [-0.15, -0.1) is 0 Å². The van der Waals surface area contributed by atoms with Gasteiger partial charge < -0.3 is 25.1 Å². The van der Waals surface area contributed by atoms with Gasteiger partial charge in [0.25, 0.3) is 11.8 Å². The van der Waals surface area contributed by atoms with Gasteiger partial charge >= 0.3 is 0 Å². The maximum Gasteiger partial charge on any atom is 0.254 e. The molecule has 3 atom stereocenters. The first kappa shape index (κ1) is 31.1. The van der Waals surface area contributed by atoms with Crippen LogP contribution in [0.1, 0.15) is 87.6 Å². The van der Waals surface area contributed by atoms with Gasteiger partial charge in [-0.2, -0.15) is 0 Å². The molecular weight excluding hydrogens is 554 g/mol. The third kappa shape index (κ3) is 7.78. The predicted molar refractivity (Wildman–Crippen MR) is 168 cm³/mol. The van der Waals surface area contributed by atoms with Crippen LogP contribution in [-0.2, 0) is 13.0 Å². The minimum absolute atomic E-state index is 0.168. The first-order chi connectivity index (χ1) is 21.3. The number of aliphatic hydroxyl groups is 1. The number of benzene rings is 2. The van der Waals surface area contributed by atoms with Gasteiger partial charge in [0.2, 0.25) is 5.89 Å². The molecule has 1 aliphatic heterocycles. The Bertz CT molecular complexity index is 1550. The smallest absolute Gasteiger partial charge is 0.254 e. The third-order valence-corrected chi connectivity index (χ3v) is 8.05. The lowest BCUT2D eigenvalue weighted by Crippen LogP contribution is -2.48. The maximum atomic E-state index is 13.5. The molecule has 44 heavy (non-hydrogen) atoms. The van der Waals surface area contributed by atoms with Gasteiger partial charge in [-0.3, -0.25) is 14.6 Å². The van der Waals surface area contributed by atoms with E-state index in [2.05, 4.69) is 40.5 Å². The molecule has 1 fully saturated rings. The lowest BCUT2D eigenvalue weighted by molar-refractivity contribution is 0.0715. The molecule has 0 saturated carbocycles. The van der Waals surface area contributed by atoms with E-state index in [1.807, 2.05) is 49.6 Å². The number of oxazole rings is 1. The van der Waals surface area contributed by atoms with Crippen LogP contribution in [-0.4, -0.2) is 57.0 Å². The van der Waals surface area contributed by atoms with E-state index in [1.165, 1.54) is 0 Å². The van der Waals surface area contributed by atoms with Gasteiger partial charge in [-0.1, -0.05) is 56.3 Å². The molecule has 2 amide bonds. The fourth-order valence-corrected chi connectivity index (χ4v) is 5.58. The zero-order valence-corrected chi connectivity index (χ0v) is 25.6. The molecule has 230 valence electrons. The Labute approximate surface area is 258 Å². The van der Waals surface area contributed by atoms with Crippen LogP contribution in [0.25, 0.3) is 0 Å². The molecule has 1 aliphatic rings. The zero-order chi connectivity index (χ0) is 31.1. The van der Waals surface area contributed by atoms with Gasteiger partial charge in [0.15, 0.2) is 0 Å². The second-order valence-electron chi connectivity index (χ2n) is 11.8. The van der Waals surface area contributed by atoms with Crippen LogP contribution in [0.15, 0.2) is 83.7 Å². The number of rotatable bonds is 12. The molecule has 9 heteroatoms. The monoisotopic (exact) mass is 595 g/mol. The molecule has 0 radical (unpaired) electrons. The van der Waals surface area contributed by atoms with Crippen molar-refractivity contribution in [1.82, 2.24) is 25.5 Å². The fourth-order valence-electron chi connectivity index (χ4n) is 5.58. The second kappa shape index (κ2) is 14.4. The Hall–Kier alpha value is -4.34. The SMILES string of the molecule is Cc1coc(C2CCCN2C(=O)c2cccc(C(=O)NC(Cc3ccccc3)C(O)CNCc3cncc(C(C)C)c3)c2)n1. The lowest BCUT2D eigenvalue weighted by Gasteiger charge is -2.25. The number of hydrogen-bond donors (Lipinski definition) is 3. The van der Waals surface area contributed by atoms with Gasteiger partial charge in [0.05, 0.1) is 17.8 Å². The number of pyridine rings is 1. The summed E-state index contributed by atoms with van der Waals surface area (Å²) in [7, 11) is 0. The summed E-state index contributed by atoms with van der Waals surface area (Å²) < 4.78 is 5.61. The minimum Gasteiger partial charge on any atom is -0.446 e. The lowest BCUT2D eigenvalue weighted by atomic mass is 10.00. The van der Waals surface area contributed by atoms with Gasteiger partial charge in [0.1, 0.15) is 12.3 Å².